The molecule has 1 aromatic carbocycles. The molecule has 0 saturated carbocycles. The normalized spacial score (nSPS) is 8.82. The molecule has 0 spiro atoms. The number of methoxy groups -OCH3 is 1. The van der Waals surface area contributed by atoms with Gasteiger partial charge in [0.15, 0.2) is 0 Å². The van der Waals surface area contributed by atoms with Crippen LogP contribution in [0.25, 0.3) is 4.85 Å². The third-order valence-corrected chi connectivity index (χ3v) is 1.26. The molecule has 1 rings (SSSR count). The molecule has 0 aliphatic heterocycles. The van der Waals surface area contributed by atoms with Crippen molar-refractivity contribution in [3.8, 4) is 5.75 Å². The van der Waals surface area contributed by atoms with Gasteiger partial charge in [-0.3, -0.25) is 0 Å². The van der Waals surface area contributed by atoms with Crippen LogP contribution in [0, 0.1) is 12.4 Å². The monoisotopic (exact) mass is 151 g/mol. The van der Waals surface area contributed by atoms with Crippen LogP contribution in [0.5, 0.6) is 5.75 Å². The molecule has 0 aliphatic carbocycles. The highest BCUT2D eigenvalue weighted by Gasteiger charge is 2.02. The van der Waals surface area contributed by atoms with Crippen LogP contribution in [0.15, 0.2) is 18.2 Å². The van der Waals surface area contributed by atoms with Crippen LogP contribution >= 0.6 is 0 Å². The van der Waals surface area contributed by atoms with E-state index < -0.39 is 5.82 Å². The van der Waals surface area contributed by atoms with Crippen molar-refractivity contribution in [1.29, 1.82) is 0 Å². The summed E-state index contributed by atoms with van der Waals surface area (Å²) in [5.41, 5.74) is 0.328. The summed E-state index contributed by atoms with van der Waals surface area (Å²) < 4.78 is 17.3. The fraction of sp³-hybridized carbons (Fsp3) is 0.125. The minimum atomic E-state index is -0.394. The lowest BCUT2D eigenvalue weighted by atomic mass is 10.3. The number of rotatable bonds is 1. The second kappa shape index (κ2) is 3.02. The Bertz CT molecular complexity index is 303. The number of hydrogen-bond donors (Lipinski definition) is 0. The average Bonchev–Trinajstić information content (AvgIpc) is 2.04. The van der Waals surface area contributed by atoms with Gasteiger partial charge in [-0.25, -0.2) is 9.24 Å². The number of ether oxygens (including phenoxy) is 1. The Hall–Kier alpha value is -1.56. The molecule has 0 aliphatic rings. The lowest BCUT2D eigenvalue weighted by Crippen LogP contribution is -1.83. The summed E-state index contributed by atoms with van der Waals surface area (Å²) in [7, 11) is 1.41. The summed E-state index contributed by atoms with van der Waals surface area (Å²) in [4.78, 5) is 3.14. The van der Waals surface area contributed by atoms with Crippen molar-refractivity contribution >= 4 is 5.69 Å². The van der Waals surface area contributed by atoms with E-state index in [0.717, 1.165) is 0 Å². The minimum Gasteiger partial charge on any atom is -0.508 e. The smallest absolute Gasteiger partial charge is 0.228 e. The topological polar surface area (TPSA) is 13.6 Å². The molecule has 1 aromatic rings. The maximum atomic E-state index is 12.5. The molecule has 0 saturated heterocycles. The SMILES string of the molecule is [C-]#[N+]c1ccc(F)cc1OC. The largest absolute Gasteiger partial charge is 0.508 e. The van der Waals surface area contributed by atoms with E-state index in [0.29, 0.717) is 5.69 Å². The molecule has 0 N–H and O–H groups in total. The van der Waals surface area contributed by atoms with Gasteiger partial charge in [-0.15, -0.1) is 0 Å². The molecule has 0 atom stereocenters. The Morgan fingerprint density at radius 2 is 2.27 bits per heavy atom. The highest BCUT2D eigenvalue weighted by atomic mass is 19.1. The first-order chi connectivity index (χ1) is 5.27. The molecule has 0 unspecified atom stereocenters. The summed E-state index contributed by atoms with van der Waals surface area (Å²) in [5.74, 6) is -0.116. The molecule has 0 radical (unpaired) electrons. The molecule has 0 aromatic heterocycles. The maximum absolute atomic E-state index is 12.5. The van der Waals surface area contributed by atoms with Gasteiger partial charge < -0.3 is 4.74 Å². The van der Waals surface area contributed by atoms with Crippen LogP contribution in [-0.2, 0) is 0 Å². The van der Waals surface area contributed by atoms with E-state index in [-0.39, 0.29) is 5.75 Å². The zero-order valence-corrected chi connectivity index (χ0v) is 5.97. The second-order valence-corrected chi connectivity index (χ2v) is 1.93. The van der Waals surface area contributed by atoms with Gasteiger partial charge in [-0.1, -0.05) is 0 Å². The van der Waals surface area contributed by atoms with Crippen LogP contribution in [0.4, 0.5) is 10.1 Å². The first kappa shape index (κ1) is 7.55. The zero-order valence-electron chi connectivity index (χ0n) is 5.97. The van der Waals surface area contributed by atoms with Crippen molar-refractivity contribution < 1.29 is 9.13 Å². The Morgan fingerprint density at radius 3 is 2.82 bits per heavy atom. The zero-order chi connectivity index (χ0) is 8.27. The summed E-state index contributed by atoms with van der Waals surface area (Å²) >= 11 is 0. The number of hydrogen-bond acceptors (Lipinski definition) is 1. The van der Waals surface area contributed by atoms with Crippen molar-refractivity contribution in [3.63, 3.8) is 0 Å². The average molecular weight is 151 g/mol. The van der Waals surface area contributed by atoms with Crippen LogP contribution in [0.2, 0.25) is 0 Å². The van der Waals surface area contributed by atoms with Crippen LogP contribution < -0.4 is 4.74 Å². The predicted octanol–water partition coefficient (Wildman–Crippen LogP) is 2.39. The summed E-state index contributed by atoms with van der Waals surface area (Å²) in [6.45, 7) is 6.68. The molecular weight excluding hydrogens is 145 g/mol. The van der Waals surface area contributed by atoms with Gasteiger partial charge >= 0.3 is 0 Å². The Balaban J connectivity index is 3.19. The van der Waals surface area contributed by atoms with Crippen LogP contribution in [0.1, 0.15) is 0 Å². The van der Waals surface area contributed by atoms with Gasteiger partial charge in [-0.2, -0.15) is 0 Å². The van der Waals surface area contributed by atoms with E-state index >= 15 is 0 Å². The van der Waals surface area contributed by atoms with Crippen molar-refractivity contribution in [1.82, 2.24) is 0 Å². The van der Waals surface area contributed by atoms with Crippen molar-refractivity contribution in [2.75, 3.05) is 7.11 Å². The van der Waals surface area contributed by atoms with Crippen molar-refractivity contribution in [2.24, 2.45) is 0 Å². The highest BCUT2D eigenvalue weighted by molar-refractivity contribution is 5.57. The Kier molecular flexibility index (Phi) is 2.07. The first-order valence-corrected chi connectivity index (χ1v) is 2.99. The van der Waals surface area contributed by atoms with Crippen LogP contribution in [0.3, 0.4) is 0 Å². The van der Waals surface area contributed by atoms with E-state index in [9.17, 15) is 4.39 Å². The first-order valence-electron chi connectivity index (χ1n) is 2.99. The quantitative estimate of drug-likeness (QED) is 0.562. The lowest BCUT2D eigenvalue weighted by molar-refractivity contribution is 0.414. The Morgan fingerprint density at radius 1 is 1.55 bits per heavy atom. The third kappa shape index (κ3) is 1.47. The van der Waals surface area contributed by atoms with Crippen molar-refractivity contribution in [2.45, 2.75) is 0 Å². The molecule has 0 heterocycles. The highest BCUT2D eigenvalue weighted by Crippen LogP contribution is 2.27. The molecule has 11 heavy (non-hydrogen) atoms. The molecule has 0 amide bonds. The lowest BCUT2D eigenvalue weighted by Gasteiger charge is -2.00. The molecule has 0 fully saturated rings. The Labute approximate surface area is 64.0 Å². The molecular formula is C8H6FNO. The fourth-order valence-corrected chi connectivity index (χ4v) is 0.744. The summed E-state index contributed by atoms with van der Waals surface area (Å²) in [6.07, 6.45) is 0. The fourth-order valence-electron chi connectivity index (χ4n) is 0.744. The van der Waals surface area contributed by atoms with Crippen LogP contribution in [-0.4, -0.2) is 7.11 Å². The van der Waals surface area contributed by atoms with Gasteiger partial charge in [0, 0.05) is 6.07 Å². The standard InChI is InChI=1S/C8H6FNO/c1-10-7-4-3-6(9)5-8(7)11-2/h3-5H,2H3. The van der Waals surface area contributed by atoms with E-state index in [1.165, 1.54) is 25.3 Å². The van der Waals surface area contributed by atoms with Gasteiger partial charge in [-0.05, 0) is 12.1 Å². The summed E-state index contributed by atoms with van der Waals surface area (Å²) in [6, 6.07) is 3.81. The molecule has 56 valence electrons. The van der Waals surface area contributed by atoms with Gasteiger partial charge in [0.2, 0.25) is 5.69 Å². The van der Waals surface area contributed by atoms with E-state index in [1.807, 2.05) is 0 Å². The van der Waals surface area contributed by atoms with Crippen molar-refractivity contribution in [3.05, 3.63) is 35.4 Å². The second-order valence-electron chi connectivity index (χ2n) is 1.93. The van der Waals surface area contributed by atoms with E-state index in [1.54, 1.807) is 0 Å². The van der Waals surface area contributed by atoms with Gasteiger partial charge in [0.1, 0.15) is 11.6 Å². The summed E-state index contributed by atoms with van der Waals surface area (Å²) in [5, 5.41) is 0. The number of halogens is 1. The number of nitrogens with zero attached hydrogens (tertiary/aromatic N) is 1. The minimum absolute atomic E-state index is 0.278. The molecule has 0 bridgehead atoms. The maximum Gasteiger partial charge on any atom is 0.228 e. The van der Waals surface area contributed by atoms with E-state index in [4.69, 9.17) is 11.3 Å². The van der Waals surface area contributed by atoms with Gasteiger partial charge in [0.05, 0.1) is 13.7 Å². The molecule has 2 nitrogen and oxygen atoms in total. The van der Waals surface area contributed by atoms with Gasteiger partial charge in [0.25, 0.3) is 0 Å². The predicted molar refractivity (Wildman–Crippen MR) is 39.2 cm³/mol. The molecule has 3 heteroatoms. The third-order valence-electron chi connectivity index (χ3n) is 1.26. The van der Waals surface area contributed by atoms with E-state index in [2.05, 4.69) is 4.85 Å². The number of benzene rings is 1.